The number of nitrogens with one attached hydrogen (secondary N) is 1. The van der Waals surface area contributed by atoms with E-state index in [1.807, 2.05) is 0 Å². The van der Waals surface area contributed by atoms with Gasteiger partial charge in [0.1, 0.15) is 0 Å². The van der Waals surface area contributed by atoms with Crippen LogP contribution in [0.1, 0.15) is 48.0 Å². The Morgan fingerprint density at radius 1 is 1.08 bits per heavy atom. The molecule has 0 bridgehead atoms. The zero-order chi connectivity index (χ0) is 10.3. The molecular formula is C12H25N. The van der Waals surface area contributed by atoms with Crippen LogP contribution in [0.3, 0.4) is 0 Å². The lowest BCUT2D eigenvalue weighted by Gasteiger charge is -2.08. The van der Waals surface area contributed by atoms with Crippen LogP contribution in [0.4, 0.5) is 0 Å². The van der Waals surface area contributed by atoms with E-state index in [1.165, 1.54) is 13.0 Å². The third kappa shape index (κ3) is 1.90. The van der Waals surface area contributed by atoms with Gasteiger partial charge in [-0.3, -0.25) is 0 Å². The maximum atomic E-state index is 3.67. The minimum atomic E-state index is 0.490. The molecule has 1 N–H and O–H groups in total. The molecule has 1 heteroatoms. The van der Waals surface area contributed by atoms with Crippen molar-refractivity contribution in [2.45, 2.75) is 54.0 Å². The highest BCUT2D eigenvalue weighted by Crippen LogP contribution is 2.62. The summed E-state index contributed by atoms with van der Waals surface area (Å²) in [6.07, 6.45) is 1.29. The SMILES string of the molecule is CC(C)CCNC1C(C)(C)C1(C)C. The molecule has 0 radical (unpaired) electrons. The molecule has 0 aliphatic heterocycles. The highest BCUT2D eigenvalue weighted by molar-refractivity contribution is 5.17. The minimum absolute atomic E-state index is 0.490. The van der Waals surface area contributed by atoms with Gasteiger partial charge in [0, 0.05) is 6.04 Å². The van der Waals surface area contributed by atoms with E-state index in [1.54, 1.807) is 0 Å². The van der Waals surface area contributed by atoms with E-state index in [9.17, 15) is 0 Å². The molecule has 0 spiro atoms. The smallest absolute Gasteiger partial charge is 0.0181 e. The lowest BCUT2D eigenvalue weighted by atomic mass is 10.0. The molecule has 0 aromatic rings. The van der Waals surface area contributed by atoms with Gasteiger partial charge in [-0.25, -0.2) is 0 Å². The summed E-state index contributed by atoms with van der Waals surface area (Å²) < 4.78 is 0. The molecule has 0 aromatic carbocycles. The molecule has 1 rings (SSSR count). The van der Waals surface area contributed by atoms with E-state index in [0.717, 1.165) is 12.0 Å². The summed E-state index contributed by atoms with van der Waals surface area (Å²) in [6, 6.07) is 0.721. The van der Waals surface area contributed by atoms with E-state index in [0.29, 0.717) is 10.8 Å². The molecule has 0 aromatic heterocycles. The van der Waals surface area contributed by atoms with Crippen molar-refractivity contribution >= 4 is 0 Å². The second kappa shape index (κ2) is 3.27. The van der Waals surface area contributed by atoms with Gasteiger partial charge >= 0.3 is 0 Å². The summed E-state index contributed by atoms with van der Waals surface area (Å²) in [5.41, 5.74) is 0.980. The Hall–Kier alpha value is -0.0400. The van der Waals surface area contributed by atoms with Crippen LogP contribution in [0.25, 0.3) is 0 Å². The molecule has 13 heavy (non-hydrogen) atoms. The first-order valence-electron chi connectivity index (χ1n) is 5.53. The zero-order valence-electron chi connectivity index (χ0n) is 10.1. The molecule has 0 atom stereocenters. The standard InChI is InChI=1S/C12H25N/c1-9(2)7-8-13-10-11(3,4)12(10,5)6/h9-10,13H,7-8H2,1-6H3. The van der Waals surface area contributed by atoms with Crippen molar-refractivity contribution in [2.75, 3.05) is 6.54 Å². The maximum absolute atomic E-state index is 3.67. The average molecular weight is 183 g/mol. The van der Waals surface area contributed by atoms with Crippen molar-refractivity contribution in [3.8, 4) is 0 Å². The third-order valence-corrected chi connectivity index (χ3v) is 4.09. The number of rotatable bonds is 4. The predicted molar refractivity (Wildman–Crippen MR) is 58.8 cm³/mol. The fourth-order valence-electron chi connectivity index (χ4n) is 2.22. The van der Waals surface area contributed by atoms with Crippen molar-refractivity contribution in [3.05, 3.63) is 0 Å². The second-order valence-corrected chi connectivity index (χ2v) is 6.01. The van der Waals surface area contributed by atoms with Gasteiger partial charge in [-0.05, 0) is 29.7 Å². The first-order valence-corrected chi connectivity index (χ1v) is 5.53. The van der Waals surface area contributed by atoms with Crippen molar-refractivity contribution in [3.63, 3.8) is 0 Å². The van der Waals surface area contributed by atoms with E-state index >= 15 is 0 Å². The maximum Gasteiger partial charge on any atom is 0.0181 e. The molecule has 0 saturated heterocycles. The summed E-state index contributed by atoms with van der Waals surface area (Å²) in [7, 11) is 0. The zero-order valence-corrected chi connectivity index (χ0v) is 10.1. The van der Waals surface area contributed by atoms with Gasteiger partial charge in [0.25, 0.3) is 0 Å². The van der Waals surface area contributed by atoms with Crippen molar-refractivity contribution < 1.29 is 0 Å². The lowest BCUT2D eigenvalue weighted by molar-refractivity contribution is 0.457. The summed E-state index contributed by atoms with van der Waals surface area (Å²) >= 11 is 0. The molecule has 1 aliphatic carbocycles. The lowest BCUT2D eigenvalue weighted by Crippen LogP contribution is -2.24. The van der Waals surface area contributed by atoms with Crippen molar-refractivity contribution in [1.29, 1.82) is 0 Å². The third-order valence-electron chi connectivity index (χ3n) is 4.09. The Morgan fingerprint density at radius 2 is 1.54 bits per heavy atom. The van der Waals surface area contributed by atoms with Crippen LogP contribution in [0, 0.1) is 16.7 Å². The Kier molecular flexibility index (Phi) is 2.78. The Bertz CT molecular complexity index is 166. The van der Waals surface area contributed by atoms with Gasteiger partial charge in [-0.1, -0.05) is 41.5 Å². The van der Waals surface area contributed by atoms with Gasteiger partial charge in [-0.15, -0.1) is 0 Å². The monoisotopic (exact) mass is 183 g/mol. The molecule has 1 nitrogen and oxygen atoms in total. The van der Waals surface area contributed by atoms with Crippen molar-refractivity contribution in [2.24, 2.45) is 16.7 Å². The fourth-order valence-corrected chi connectivity index (χ4v) is 2.22. The second-order valence-electron chi connectivity index (χ2n) is 6.01. The van der Waals surface area contributed by atoms with Gasteiger partial charge in [0.05, 0.1) is 0 Å². The Morgan fingerprint density at radius 3 is 1.85 bits per heavy atom. The molecule has 78 valence electrons. The van der Waals surface area contributed by atoms with E-state index < -0.39 is 0 Å². The van der Waals surface area contributed by atoms with Crippen molar-refractivity contribution in [1.82, 2.24) is 5.32 Å². The van der Waals surface area contributed by atoms with Gasteiger partial charge in [0.15, 0.2) is 0 Å². The van der Waals surface area contributed by atoms with Gasteiger partial charge in [-0.2, -0.15) is 0 Å². The highest BCUT2D eigenvalue weighted by Gasteiger charge is 2.64. The summed E-state index contributed by atoms with van der Waals surface area (Å²) in [5, 5.41) is 3.67. The average Bonchev–Trinajstić information content (AvgIpc) is 2.30. The first-order chi connectivity index (χ1) is 5.80. The quantitative estimate of drug-likeness (QED) is 0.706. The van der Waals surface area contributed by atoms with Crippen LogP contribution < -0.4 is 5.32 Å². The fraction of sp³-hybridized carbons (Fsp3) is 1.00. The number of hydrogen-bond acceptors (Lipinski definition) is 1. The van der Waals surface area contributed by atoms with Gasteiger partial charge in [0.2, 0.25) is 0 Å². The molecule has 0 unspecified atom stereocenters. The van der Waals surface area contributed by atoms with E-state index in [-0.39, 0.29) is 0 Å². The topological polar surface area (TPSA) is 12.0 Å². The van der Waals surface area contributed by atoms with Crippen LogP contribution in [0.5, 0.6) is 0 Å². The molecular weight excluding hydrogens is 158 g/mol. The highest BCUT2D eigenvalue weighted by atomic mass is 15.0. The van der Waals surface area contributed by atoms with Crippen LogP contribution >= 0.6 is 0 Å². The summed E-state index contributed by atoms with van der Waals surface area (Å²) in [6.45, 7) is 15.2. The number of hydrogen-bond donors (Lipinski definition) is 1. The van der Waals surface area contributed by atoms with Crippen LogP contribution in [-0.2, 0) is 0 Å². The normalized spacial score (nSPS) is 25.2. The first kappa shape index (κ1) is 11.0. The molecule has 0 amide bonds. The summed E-state index contributed by atoms with van der Waals surface area (Å²) in [5.74, 6) is 0.817. The molecule has 0 heterocycles. The molecule has 1 saturated carbocycles. The van der Waals surface area contributed by atoms with E-state index in [2.05, 4.69) is 46.9 Å². The molecule has 1 fully saturated rings. The van der Waals surface area contributed by atoms with E-state index in [4.69, 9.17) is 0 Å². The summed E-state index contributed by atoms with van der Waals surface area (Å²) in [4.78, 5) is 0. The van der Waals surface area contributed by atoms with Crippen LogP contribution in [0.2, 0.25) is 0 Å². The van der Waals surface area contributed by atoms with Gasteiger partial charge < -0.3 is 5.32 Å². The predicted octanol–water partition coefficient (Wildman–Crippen LogP) is 3.06. The Balaban J connectivity index is 2.26. The van der Waals surface area contributed by atoms with Crippen LogP contribution in [0.15, 0.2) is 0 Å². The Labute approximate surface area is 83.3 Å². The molecule has 1 aliphatic rings. The van der Waals surface area contributed by atoms with Crippen LogP contribution in [-0.4, -0.2) is 12.6 Å². The largest absolute Gasteiger partial charge is 0.313 e. The minimum Gasteiger partial charge on any atom is -0.313 e.